The molecule has 0 aliphatic heterocycles. The molecule has 1 atom stereocenters. The lowest BCUT2D eigenvalue weighted by Crippen LogP contribution is -2.26. The van der Waals surface area contributed by atoms with Gasteiger partial charge < -0.3 is 15.2 Å². The predicted molar refractivity (Wildman–Crippen MR) is 78.3 cm³/mol. The van der Waals surface area contributed by atoms with Gasteiger partial charge in [-0.3, -0.25) is 4.79 Å². The molecule has 0 saturated carbocycles. The van der Waals surface area contributed by atoms with Gasteiger partial charge in [0.1, 0.15) is 5.75 Å². The third kappa shape index (κ3) is 6.07. The first kappa shape index (κ1) is 16.0. The lowest BCUT2D eigenvalue weighted by molar-refractivity contribution is -0.121. The van der Waals surface area contributed by atoms with Gasteiger partial charge in [-0.25, -0.2) is 0 Å². The zero-order chi connectivity index (χ0) is 14.3. The van der Waals surface area contributed by atoms with Crippen LogP contribution in [0.2, 0.25) is 0 Å². The van der Waals surface area contributed by atoms with E-state index in [1.54, 1.807) is 14.0 Å². The summed E-state index contributed by atoms with van der Waals surface area (Å²) in [5.41, 5.74) is 1.08. The number of hydrogen-bond acceptors (Lipinski definition) is 3. The third-order valence-electron chi connectivity index (χ3n) is 2.74. The minimum absolute atomic E-state index is 0.00703. The van der Waals surface area contributed by atoms with E-state index in [0.29, 0.717) is 25.8 Å². The van der Waals surface area contributed by atoms with Gasteiger partial charge in [-0.15, -0.1) is 0 Å². The molecular weight excluding hydrogens is 310 g/mol. The molecule has 0 aromatic heterocycles. The van der Waals surface area contributed by atoms with Crippen molar-refractivity contribution in [2.24, 2.45) is 0 Å². The number of hydrogen-bond donors (Lipinski definition) is 2. The average Bonchev–Trinajstić information content (AvgIpc) is 2.36. The second kappa shape index (κ2) is 8.17. The molecule has 1 aromatic rings. The molecule has 0 heterocycles. The van der Waals surface area contributed by atoms with Crippen LogP contribution in [0.15, 0.2) is 22.7 Å². The van der Waals surface area contributed by atoms with Crippen molar-refractivity contribution in [1.29, 1.82) is 0 Å². The predicted octanol–water partition coefficient (Wildman–Crippen LogP) is 2.28. The highest BCUT2D eigenvalue weighted by Gasteiger charge is 2.05. The molecular formula is C14H20BrNO3. The van der Waals surface area contributed by atoms with Crippen LogP contribution < -0.4 is 10.1 Å². The first-order chi connectivity index (χ1) is 9.02. The topological polar surface area (TPSA) is 58.6 Å². The van der Waals surface area contributed by atoms with E-state index in [4.69, 9.17) is 9.84 Å². The standard InChI is InChI=1S/C14H20BrNO3/c1-10(17)7-8-16-14(18)6-4-11-3-5-13(19-2)12(15)9-11/h3,5,9-10,17H,4,6-8H2,1-2H3,(H,16,18). The highest BCUT2D eigenvalue weighted by molar-refractivity contribution is 9.10. The van der Waals surface area contributed by atoms with E-state index in [1.165, 1.54) is 0 Å². The SMILES string of the molecule is COc1ccc(CCC(=O)NCCC(C)O)cc1Br. The molecule has 106 valence electrons. The van der Waals surface area contributed by atoms with Gasteiger partial charge in [0, 0.05) is 13.0 Å². The second-order valence-electron chi connectivity index (χ2n) is 4.46. The summed E-state index contributed by atoms with van der Waals surface area (Å²) in [5, 5.41) is 11.9. The molecule has 1 aromatic carbocycles. The van der Waals surface area contributed by atoms with E-state index in [2.05, 4.69) is 21.2 Å². The van der Waals surface area contributed by atoms with Crippen molar-refractivity contribution in [3.8, 4) is 5.75 Å². The number of benzene rings is 1. The molecule has 1 rings (SSSR count). The Bertz CT molecular complexity index is 421. The number of amides is 1. The molecule has 0 radical (unpaired) electrons. The Kier molecular flexibility index (Phi) is 6.87. The Morgan fingerprint density at radius 1 is 1.53 bits per heavy atom. The summed E-state index contributed by atoms with van der Waals surface area (Å²) >= 11 is 3.42. The molecule has 5 heteroatoms. The van der Waals surface area contributed by atoms with Gasteiger partial charge in [-0.1, -0.05) is 6.07 Å². The Morgan fingerprint density at radius 3 is 2.84 bits per heavy atom. The molecule has 1 unspecified atom stereocenters. The van der Waals surface area contributed by atoms with Crippen molar-refractivity contribution in [2.75, 3.05) is 13.7 Å². The average molecular weight is 330 g/mol. The van der Waals surface area contributed by atoms with Crippen LogP contribution in [0.5, 0.6) is 5.75 Å². The molecule has 0 aliphatic carbocycles. The van der Waals surface area contributed by atoms with E-state index in [-0.39, 0.29) is 12.0 Å². The summed E-state index contributed by atoms with van der Waals surface area (Å²) in [4.78, 5) is 11.6. The number of carbonyl (C=O) groups is 1. The summed E-state index contributed by atoms with van der Waals surface area (Å²) in [6.07, 6.45) is 1.33. The summed E-state index contributed by atoms with van der Waals surface area (Å²) in [6, 6.07) is 5.79. The van der Waals surface area contributed by atoms with Crippen LogP contribution in [-0.4, -0.2) is 30.8 Å². The first-order valence-corrected chi connectivity index (χ1v) is 7.09. The van der Waals surface area contributed by atoms with Crippen LogP contribution >= 0.6 is 15.9 Å². The van der Waals surface area contributed by atoms with Crippen molar-refractivity contribution >= 4 is 21.8 Å². The van der Waals surface area contributed by atoms with Gasteiger partial charge in [0.2, 0.25) is 5.91 Å². The lowest BCUT2D eigenvalue weighted by atomic mass is 10.1. The molecule has 0 bridgehead atoms. The highest BCUT2D eigenvalue weighted by atomic mass is 79.9. The van der Waals surface area contributed by atoms with Gasteiger partial charge in [0.05, 0.1) is 17.7 Å². The normalized spacial score (nSPS) is 12.0. The molecule has 1 amide bonds. The smallest absolute Gasteiger partial charge is 0.220 e. The number of halogens is 1. The van der Waals surface area contributed by atoms with Crippen molar-refractivity contribution in [3.63, 3.8) is 0 Å². The van der Waals surface area contributed by atoms with E-state index in [9.17, 15) is 4.79 Å². The number of ether oxygens (including phenoxy) is 1. The maximum absolute atomic E-state index is 11.6. The number of aliphatic hydroxyl groups is 1. The fourth-order valence-electron chi connectivity index (χ4n) is 1.63. The third-order valence-corrected chi connectivity index (χ3v) is 3.36. The van der Waals surface area contributed by atoms with Crippen LogP contribution in [0.1, 0.15) is 25.3 Å². The Balaban J connectivity index is 2.36. The molecule has 2 N–H and O–H groups in total. The zero-order valence-electron chi connectivity index (χ0n) is 11.3. The molecule has 0 aliphatic rings. The van der Waals surface area contributed by atoms with Crippen molar-refractivity contribution in [2.45, 2.75) is 32.3 Å². The Morgan fingerprint density at radius 2 is 2.26 bits per heavy atom. The molecule has 0 fully saturated rings. The maximum atomic E-state index is 11.6. The summed E-state index contributed by atoms with van der Waals surface area (Å²) in [6.45, 7) is 2.23. The quantitative estimate of drug-likeness (QED) is 0.806. The van der Waals surface area contributed by atoms with Gasteiger partial charge in [-0.05, 0) is 53.4 Å². The van der Waals surface area contributed by atoms with Gasteiger partial charge in [-0.2, -0.15) is 0 Å². The fraction of sp³-hybridized carbons (Fsp3) is 0.500. The van der Waals surface area contributed by atoms with Crippen LogP contribution in [0.25, 0.3) is 0 Å². The fourth-order valence-corrected chi connectivity index (χ4v) is 2.22. The van der Waals surface area contributed by atoms with E-state index in [1.807, 2.05) is 18.2 Å². The molecule has 19 heavy (non-hydrogen) atoms. The van der Waals surface area contributed by atoms with Crippen LogP contribution in [0.3, 0.4) is 0 Å². The Hall–Kier alpha value is -1.07. The number of rotatable bonds is 7. The minimum Gasteiger partial charge on any atom is -0.496 e. The second-order valence-corrected chi connectivity index (χ2v) is 5.31. The zero-order valence-corrected chi connectivity index (χ0v) is 12.9. The highest BCUT2D eigenvalue weighted by Crippen LogP contribution is 2.25. The van der Waals surface area contributed by atoms with Gasteiger partial charge >= 0.3 is 0 Å². The summed E-state index contributed by atoms with van der Waals surface area (Å²) in [5.74, 6) is 0.790. The minimum atomic E-state index is -0.377. The summed E-state index contributed by atoms with van der Waals surface area (Å²) in [7, 11) is 1.62. The van der Waals surface area contributed by atoms with E-state index < -0.39 is 0 Å². The maximum Gasteiger partial charge on any atom is 0.220 e. The van der Waals surface area contributed by atoms with Gasteiger partial charge in [0.25, 0.3) is 0 Å². The molecule has 0 saturated heterocycles. The number of carbonyl (C=O) groups excluding carboxylic acids is 1. The van der Waals surface area contributed by atoms with Crippen LogP contribution in [0.4, 0.5) is 0 Å². The summed E-state index contributed by atoms with van der Waals surface area (Å²) < 4.78 is 6.04. The van der Waals surface area contributed by atoms with Crippen molar-refractivity contribution < 1.29 is 14.6 Å². The lowest BCUT2D eigenvalue weighted by Gasteiger charge is -2.08. The van der Waals surface area contributed by atoms with Crippen molar-refractivity contribution in [1.82, 2.24) is 5.32 Å². The monoisotopic (exact) mass is 329 g/mol. The Labute approximate surface area is 122 Å². The molecule has 0 spiro atoms. The van der Waals surface area contributed by atoms with Crippen LogP contribution in [-0.2, 0) is 11.2 Å². The molecule has 4 nitrogen and oxygen atoms in total. The number of nitrogens with one attached hydrogen (secondary N) is 1. The van der Waals surface area contributed by atoms with Crippen molar-refractivity contribution in [3.05, 3.63) is 28.2 Å². The number of methoxy groups -OCH3 is 1. The van der Waals surface area contributed by atoms with Gasteiger partial charge in [0.15, 0.2) is 0 Å². The van der Waals surface area contributed by atoms with E-state index >= 15 is 0 Å². The van der Waals surface area contributed by atoms with E-state index in [0.717, 1.165) is 15.8 Å². The number of aryl methyl sites for hydroxylation is 1. The number of aliphatic hydroxyl groups excluding tert-OH is 1. The largest absolute Gasteiger partial charge is 0.496 e. The first-order valence-electron chi connectivity index (χ1n) is 6.30. The van der Waals surface area contributed by atoms with Crippen LogP contribution in [0, 0.1) is 0 Å².